The number of hydrogen-bond donors (Lipinski definition) is 1. The van der Waals surface area contributed by atoms with E-state index in [1.54, 1.807) is 0 Å². The van der Waals surface area contributed by atoms with Crippen LogP contribution in [-0.2, 0) is 6.42 Å². The minimum absolute atomic E-state index is 0.170. The van der Waals surface area contributed by atoms with Gasteiger partial charge in [0.1, 0.15) is 0 Å². The number of halogens is 1. The Labute approximate surface area is 93.8 Å². The Morgan fingerprint density at radius 1 is 1.43 bits per heavy atom. The predicted molar refractivity (Wildman–Crippen MR) is 63.2 cm³/mol. The lowest BCUT2D eigenvalue weighted by molar-refractivity contribution is 0.249. The van der Waals surface area contributed by atoms with Crippen LogP contribution in [-0.4, -0.2) is 0 Å². The van der Waals surface area contributed by atoms with Crippen LogP contribution in [0.5, 0.6) is 0 Å². The zero-order chi connectivity index (χ0) is 10.3. The van der Waals surface area contributed by atoms with Crippen LogP contribution in [0.2, 0.25) is 0 Å². The molecule has 0 fully saturated rings. The van der Waals surface area contributed by atoms with Gasteiger partial charge in [0.25, 0.3) is 0 Å². The van der Waals surface area contributed by atoms with Crippen molar-refractivity contribution in [2.75, 3.05) is 0 Å². The summed E-state index contributed by atoms with van der Waals surface area (Å²) >= 11 is 3.50. The molecule has 14 heavy (non-hydrogen) atoms. The molecule has 0 amide bonds. The third-order valence-corrected chi connectivity index (χ3v) is 3.82. The SMILES string of the molecule is CC1(C)CCc2ccc(Br)cc2C1N. The van der Waals surface area contributed by atoms with Gasteiger partial charge in [-0.15, -0.1) is 0 Å². The summed E-state index contributed by atoms with van der Waals surface area (Å²) in [6.45, 7) is 4.50. The van der Waals surface area contributed by atoms with Crippen molar-refractivity contribution in [3.05, 3.63) is 33.8 Å². The summed E-state index contributed by atoms with van der Waals surface area (Å²) in [6.07, 6.45) is 2.34. The van der Waals surface area contributed by atoms with Crippen LogP contribution >= 0.6 is 15.9 Å². The van der Waals surface area contributed by atoms with E-state index in [9.17, 15) is 0 Å². The summed E-state index contributed by atoms with van der Waals surface area (Å²) in [5.41, 5.74) is 9.23. The Bertz CT molecular complexity index is 357. The third-order valence-electron chi connectivity index (χ3n) is 3.32. The molecule has 0 heterocycles. The molecule has 0 aliphatic heterocycles. The Hall–Kier alpha value is -0.340. The maximum atomic E-state index is 6.27. The van der Waals surface area contributed by atoms with E-state index in [0.29, 0.717) is 0 Å². The van der Waals surface area contributed by atoms with Gasteiger partial charge in [-0.2, -0.15) is 0 Å². The molecule has 1 aromatic rings. The monoisotopic (exact) mass is 253 g/mol. The van der Waals surface area contributed by atoms with Crippen molar-refractivity contribution in [3.63, 3.8) is 0 Å². The molecule has 1 aliphatic rings. The molecule has 1 nitrogen and oxygen atoms in total. The van der Waals surface area contributed by atoms with E-state index in [1.165, 1.54) is 17.5 Å². The molecule has 0 saturated carbocycles. The molecule has 2 N–H and O–H groups in total. The van der Waals surface area contributed by atoms with Gasteiger partial charge in [-0.3, -0.25) is 0 Å². The number of benzene rings is 1. The number of aryl methyl sites for hydroxylation is 1. The maximum Gasteiger partial charge on any atom is 0.0350 e. The van der Waals surface area contributed by atoms with Gasteiger partial charge in [-0.05, 0) is 41.5 Å². The van der Waals surface area contributed by atoms with Gasteiger partial charge in [-0.1, -0.05) is 35.8 Å². The highest BCUT2D eigenvalue weighted by molar-refractivity contribution is 9.10. The lowest BCUT2D eigenvalue weighted by atomic mass is 9.71. The van der Waals surface area contributed by atoms with Crippen LogP contribution in [0, 0.1) is 5.41 Å². The second-order valence-corrected chi connectivity index (χ2v) is 5.73. The van der Waals surface area contributed by atoms with Crippen LogP contribution in [0.3, 0.4) is 0 Å². The topological polar surface area (TPSA) is 26.0 Å². The highest BCUT2D eigenvalue weighted by Gasteiger charge is 2.32. The molecule has 2 rings (SSSR count). The van der Waals surface area contributed by atoms with E-state index < -0.39 is 0 Å². The van der Waals surface area contributed by atoms with Crippen LogP contribution in [0.4, 0.5) is 0 Å². The molecular formula is C12H16BrN. The molecule has 0 saturated heterocycles. The zero-order valence-electron chi connectivity index (χ0n) is 8.68. The van der Waals surface area contributed by atoms with Crippen molar-refractivity contribution in [2.24, 2.45) is 11.1 Å². The lowest BCUT2D eigenvalue weighted by Crippen LogP contribution is -2.34. The largest absolute Gasteiger partial charge is 0.323 e. The summed E-state index contributed by atoms with van der Waals surface area (Å²) in [7, 11) is 0. The van der Waals surface area contributed by atoms with Crippen molar-refractivity contribution >= 4 is 15.9 Å². The van der Waals surface area contributed by atoms with Gasteiger partial charge in [0.2, 0.25) is 0 Å². The van der Waals surface area contributed by atoms with E-state index in [2.05, 4.69) is 48.0 Å². The predicted octanol–water partition coefficient (Wildman–Crippen LogP) is 3.42. The van der Waals surface area contributed by atoms with Crippen LogP contribution in [0.25, 0.3) is 0 Å². The Morgan fingerprint density at radius 3 is 2.86 bits per heavy atom. The number of hydrogen-bond acceptors (Lipinski definition) is 1. The minimum Gasteiger partial charge on any atom is -0.323 e. The molecule has 0 bridgehead atoms. The molecule has 0 spiro atoms. The highest BCUT2D eigenvalue weighted by Crippen LogP contribution is 2.42. The smallest absolute Gasteiger partial charge is 0.0350 e. The summed E-state index contributed by atoms with van der Waals surface area (Å²) < 4.78 is 1.13. The summed E-state index contributed by atoms with van der Waals surface area (Å²) in [4.78, 5) is 0. The van der Waals surface area contributed by atoms with Gasteiger partial charge in [0.15, 0.2) is 0 Å². The number of rotatable bonds is 0. The van der Waals surface area contributed by atoms with E-state index in [1.807, 2.05) is 0 Å². The van der Waals surface area contributed by atoms with Crippen molar-refractivity contribution in [1.82, 2.24) is 0 Å². The Balaban J connectivity index is 2.48. The molecule has 76 valence electrons. The normalized spacial score (nSPS) is 24.4. The minimum atomic E-state index is 0.170. The summed E-state index contributed by atoms with van der Waals surface area (Å²) in [6, 6.07) is 6.63. The third kappa shape index (κ3) is 1.61. The Morgan fingerprint density at radius 2 is 2.14 bits per heavy atom. The highest BCUT2D eigenvalue weighted by atomic mass is 79.9. The van der Waals surface area contributed by atoms with Crippen molar-refractivity contribution in [2.45, 2.75) is 32.7 Å². The fourth-order valence-corrected chi connectivity index (χ4v) is 2.50. The molecule has 0 radical (unpaired) electrons. The first-order valence-electron chi connectivity index (χ1n) is 5.04. The van der Waals surface area contributed by atoms with Gasteiger partial charge >= 0.3 is 0 Å². The van der Waals surface area contributed by atoms with Crippen LogP contribution in [0.1, 0.15) is 37.4 Å². The van der Waals surface area contributed by atoms with Crippen LogP contribution in [0.15, 0.2) is 22.7 Å². The van der Waals surface area contributed by atoms with Gasteiger partial charge in [-0.25, -0.2) is 0 Å². The lowest BCUT2D eigenvalue weighted by Gasteiger charge is -2.37. The second kappa shape index (κ2) is 3.35. The van der Waals surface area contributed by atoms with E-state index in [4.69, 9.17) is 5.73 Å². The molecule has 1 aliphatic carbocycles. The van der Waals surface area contributed by atoms with E-state index in [0.717, 1.165) is 10.9 Å². The second-order valence-electron chi connectivity index (χ2n) is 4.81. The number of fused-ring (bicyclic) bond motifs is 1. The molecule has 1 unspecified atom stereocenters. The van der Waals surface area contributed by atoms with Gasteiger partial charge in [0, 0.05) is 10.5 Å². The zero-order valence-corrected chi connectivity index (χ0v) is 10.3. The fourth-order valence-electron chi connectivity index (χ4n) is 2.12. The van der Waals surface area contributed by atoms with Crippen LogP contribution < -0.4 is 5.73 Å². The average Bonchev–Trinajstić information content (AvgIpc) is 2.13. The van der Waals surface area contributed by atoms with Crippen molar-refractivity contribution in [3.8, 4) is 0 Å². The number of nitrogens with two attached hydrogens (primary N) is 1. The average molecular weight is 254 g/mol. The fraction of sp³-hybridized carbons (Fsp3) is 0.500. The quantitative estimate of drug-likeness (QED) is 0.754. The van der Waals surface area contributed by atoms with E-state index in [-0.39, 0.29) is 11.5 Å². The molecular weight excluding hydrogens is 238 g/mol. The Kier molecular flexibility index (Phi) is 2.44. The van der Waals surface area contributed by atoms with E-state index >= 15 is 0 Å². The maximum absolute atomic E-state index is 6.27. The molecule has 0 aromatic heterocycles. The summed E-state index contributed by atoms with van der Waals surface area (Å²) in [5.74, 6) is 0. The van der Waals surface area contributed by atoms with Gasteiger partial charge in [0.05, 0.1) is 0 Å². The first-order valence-corrected chi connectivity index (χ1v) is 5.84. The van der Waals surface area contributed by atoms with Crippen molar-refractivity contribution in [1.29, 1.82) is 0 Å². The van der Waals surface area contributed by atoms with Crippen molar-refractivity contribution < 1.29 is 0 Å². The standard InChI is InChI=1S/C12H16BrN/c1-12(2)6-5-8-3-4-9(13)7-10(8)11(12)14/h3-4,7,11H,5-6,14H2,1-2H3. The summed E-state index contributed by atoms with van der Waals surface area (Å²) in [5, 5.41) is 0. The first kappa shape index (κ1) is 10.2. The molecule has 1 aromatic carbocycles. The molecule has 2 heteroatoms. The molecule has 1 atom stereocenters. The first-order chi connectivity index (χ1) is 6.50. The van der Waals surface area contributed by atoms with Gasteiger partial charge < -0.3 is 5.73 Å².